The molecule has 1 aliphatic heterocycles. The average molecular weight is 218 g/mol. The minimum absolute atomic E-state index is 0.354. The SMILES string of the molecule is CN(C)C1(Cc2ccccc2)CCNCC1. The fourth-order valence-electron chi connectivity index (χ4n) is 2.65. The number of hydrogen-bond donors (Lipinski definition) is 1. The Bertz CT molecular complexity index is 313. The van der Waals surface area contributed by atoms with Gasteiger partial charge in [-0.1, -0.05) is 30.3 Å². The molecule has 1 aliphatic rings. The van der Waals surface area contributed by atoms with Gasteiger partial charge in [-0.3, -0.25) is 0 Å². The van der Waals surface area contributed by atoms with Crippen molar-refractivity contribution in [2.24, 2.45) is 0 Å². The average Bonchev–Trinajstić information content (AvgIpc) is 2.31. The molecule has 16 heavy (non-hydrogen) atoms. The zero-order valence-electron chi connectivity index (χ0n) is 10.4. The van der Waals surface area contributed by atoms with Crippen LogP contribution in [0.15, 0.2) is 30.3 Å². The summed E-state index contributed by atoms with van der Waals surface area (Å²) >= 11 is 0. The van der Waals surface area contributed by atoms with Crippen LogP contribution in [-0.4, -0.2) is 37.6 Å². The molecule has 0 saturated carbocycles. The Hall–Kier alpha value is -0.860. The number of nitrogens with one attached hydrogen (secondary N) is 1. The Balaban J connectivity index is 2.14. The van der Waals surface area contributed by atoms with E-state index in [2.05, 4.69) is 54.6 Å². The van der Waals surface area contributed by atoms with E-state index in [4.69, 9.17) is 0 Å². The van der Waals surface area contributed by atoms with Gasteiger partial charge in [-0.2, -0.15) is 0 Å². The molecule has 88 valence electrons. The number of benzene rings is 1. The van der Waals surface area contributed by atoms with Crippen LogP contribution < -0.4 is 5.32 Å². The summed E-state index contributed by atoms with van der Waals surface area (Å²) in [6.07, 6.45) is 3.66. The first-order valence-electron chi connectivity index (χ1n) is 6.15. The monoisotopic (exact) mass is 218 g/mol. The third-order valence-electron chi connectivity index (χ3n) is 3.86. The normalized spacial score (nSPS) is 19.9. The topological polar surface area (TPSA) is 15.3 Å². The summed E-state index contributed by atoms with van der Waals surface area (Å²) in [7, 11) is 4.43. The molecule has 0 aliphatic carbocycles. The molecule has 2 nitrogen and oxygen atoms in total. The first-order chi connectivity index (χ1) is 7.73. The van der Waals surface area contributed by atoms with Crippen molar-refractivity contribution in [2.75, 3.05) is 27.2 Å². The molecule has 0 radical (unpaired) electrons. The van der Waals surface area contributed by atoms with E-state index in [1.165, 1.54) is 24.8 Å². The van der Waals surface area contributed by atoms with Crippen molar-refractivity contribution in [1.82, 2.24) is 10.2 Å². The second-order valence-corrected chi connectivity index (χ2v) is 5.03. The first kappa shape index (κ1) is 11.6. The summed E-state index contributed by atoms with van der Waals surface area (Å²) in [4.78, 5) is 2.42. The van der Waals surface area contributed by atoms with Crippen molar-refractivity contribution in [2.45, 2.75) is 24.8 Å². The molecule has 1 N–H and O–H groups in total. The van der Waals surface area contributed by atoms with Gasteiger partial charge in [0.25, 0.3) is 0 Å². The second-order valence-electron chi connectivity index (χ2n) is 5.03. The van der Waals surface area contributed by atoms with Gasteiger partial charge in [-0.15, -0.1) is 0 Å². The molecular formula is C14H22N2. The quantitative estimate of drug-likeness (QED) is 0.834. The van der Waals surface area contributed by atoms with Crippen LogP contribution >= 0.6 is 0 Å². The number of rotatable bonds is 3. The Morgan fingerprint density at radius 3 is 2.31 bits per heavy atom. The van der Waals surface area contributed by atoms with Crippen LogP contribution in [0.5, 0.6) is 0 Å². The number of hydrogen-bond acceptors (Lipinski definition) is 2. The minimum atomic E-state index is 0.354. The van der Waals surface area contributed by atoms with E-state index in [1.807, 2.05) is 0 Å². The van der Waals surface area contributed by atoms with Gasteiger partial charge in [0.2, 0.25) is 0 Å². The highest BCUT2D eigenvalue weighted by Gasteiger charge is 2.33. The van der Waals surface area contributed by atoms with E-state index in [9.17, 15) is 0 Å². The molecule has 1 fully saturated rings. The van der Waals surface area contributed by atoms with Crippen molar-refractivity contribution in [3.8, 4) is 0 Å². The third-order valence-corrected chi connectivity index (χ3v) is 3.86. The molecule has 1 aromatic carbocycles. The summed E-state index contributed by atoms with van der Waals surface area (Å²) in [6.45, 7) is 2.29. The first-order valence-corrected chi connectivity index (χ1v) is 6.15. The van der Waals surface area contributed by atoms with Gasteiger partial charge in [0, 0.05) is 5.54 Å². The predicted octanol–water partition coefficient (Wildman–Crippen LogP) is 1.91. The highest BCUT2D eigenvalue weighted by atomic mass is 15.2. The van der Waals surface area contributed by atoms with Crippen LogP contribution in [0, 0.1) is 0 Å². The van der Waals surface area contributed by atoms with Crippen molar-refractivity contribution in [3.63, 3.8) is 0 Å². The summed E-state index contributed by atoms with van der Waals surface area (Å²) in [6, 6.07) is 10.9. The Morgan fingerprint density at radius 2 is 1.75 bits per heavy atom. The number of likely N-dealkylation sites (N-methyl/N-ethyl adjacent to an activating group) is 1. The lowest BCUT2D eigenvalue weighted by Gasteiger charge is -2.43. The Kier molecular flexibility index (Phi) is 3.62. The molecule has 2 rings (SSSR count). The minimum Gasteiger partial charge on any atom is -0.317 e. The lowest BCUT2D eigenvalue weighted by Crippen LogP contribution is -2.53. The summed E-state index contributed by atoms with van der Waals surface area (Å²) < 4.78 is 0. The van der Waals surface area contributed by atoms with E-state index in [0.717, 1.165) is 13.1 Å². The lowest BCUT2D eigenvalue weighted by molar-refractivity contribution is 0.108. The van der Waals surface area contributed by atoms with Gasteiger partial charge in [0.15, 0.2) is 0 Å². The van der Waals surface area contributed by atoms with Gasteiger partial charge < -0.3 is 10.2 Å². The Labute approximate surface area is 98.7 Å². The smallest absolute Gasteiger partial charge is 0.0267 e. The molecule has 0 unspecified atom stereocenters. The van der Waals surface area contributed by atoms with Gasteiger partial charge >= 0.3 is 0 Å². The maximum Gasteiger partial charge on any atom is 0.0267 e. The molecule has 0 atom stereocenters. The van der Waals surface area contributed by atoms with E-state index >= 15 is 0 Å². The maximum absolute atomic E-state index is 3.45. The van der Waals surface area contributed by atoms with E-state index in [1.54, 1.807) is 0 Å². The summed E-state index contributed by atoms with van der Waals surface area (Å²) in [5, 5.41) is 3.45. The van der Waals surface area contributed by atoms with E-state index < -0.39 is 0 Å². The maximum atomic E-state index is 3.45. The molecule has 0 bridgehead atoms. The number of nitrogens with zero attached hydrogens (tertiary/aromatic N) is 1. The second kappa shape index (κ2) is 4.98. The molecule has 0 amide bonds. The third kappa shape index (κ3) is 2.45. The highest BCUT2D eigenvalue weighted by molar-refractivity contribution is 5.18. The van der Waals surface area contributed by atoms with Gasteiger partial charge in [-0.05, 0) is 52.0 Å². The largest absolute Gasteiger partial charge is 0.317 e. The van der Waals surface area contributed by atoms with Crippen LogP contribution in [0.25, 0.3) is 0 Å². The predicted molar refractivity (Wildman–Crippen MR) is 68.7 cm³/mol. The van der Waals surface area contributed by atoms with Crippen molar-refractivity contribution < 1.29 is 0 Å². The fourth-order valence-corrected chi connectivity index (χ4v) is 2.65. The molecule has 1 heterocycles. The zero-order chi connectivity index (χ0) is 11.4. The highest BCUT2D eigenvalue weighted by Crippen LogP contribution is 2.28. The molecular weight excluding hydrogens is 196 g/mol. The van der Waals surface area contributed by atoms with Gasteiger partial charge in [-0.25, -0.2) is 0 Å². The zero-order valence-corrected chi connectivity index (χ0v) is 10.4. The fraction of sp³-hybridized carbons (Fsp3) is 0.571. The van der Waals surface area contributed by atoms with E-state index in [-0.39, 0.29) is 0 Å². The Morgan fingerprint density at radius 1 is 1.12 bits per heavy atom. The lowest BCUT2D eigenvalue weighted by atomic mass is 9.81. The van der Waals surface area contributed by atoms with Crippen molar-refractivity contribution in [1.29, 1.82) is 0 Å². The van der Waals surface area contributed by atoms with Crippen LogP contribution in [0.1, 0.15) is 18.4 Å². The molecule has 1 aromatic rings. The van der Waals surface area contributed by atoms with Crippen LogP contribution in [0.3, 0.4) is 0 Å². The van der Waals surface area contributed by atoms with Crippen LogP contribution in [0.4, 0.5) is 0 Å². The summed E-state index contributed by atoms with van der Waals surface area (Å²) in [5.41, 5.74) is 1.81. The van der Waals surface area contributed by atoms with Crippen LogP contribution in [-0.2, 0) is 6.42 Å². The van der Waals surface area contributed by atoms with E-state index in [0.29, 0.717) is 5.54 Å². The van der Waals surface area contributed by atoms with Crippen molar-refractivity contribution >= 4 is 0 Å². The number of piperidine rings is 1. The molecule has 0 aromatic heterocycles. The van der Waals surface area contributed by atoms with Crippen LogP contribution in [0.2, 0.25) is 0 Å². The molecule has 0 spiro atoms. The van der Waals surface area contributed by atoms with Gasteiger partial charge in [0.05, 0.1) is 0 Å². The summed E-state index contributed by atoms with van der Waals surface area (Å²) in [5.74, 6) is 0. The molecule has 1 saturated heterocycles. The van der Waals surface area contributed by atoms with Crippen molar-refractivity contribution in [3.05, 3.63) is 35.9 Å². The standard InChI is InChI=1S/C14H22N2/c1-16(2)14(8-10-15-11-9-14)12-13-6-4-3-5-7-13/h3-7,15H,8-12H2,1-2H3. The van der Waals surface area contributed by atoms with Gasteiger partial charge in [0.1, 0.15) is 0 Å². The molecule has 2 heteroatoms.